The number of hydrogen-bond donors (Lipinski definition) is 1. The fraction of sp³-hybridized carbons (Fsp3) is 0.533. The van der Waals surface area contributed by atoms with Crippen LogP contribution in [-0.4, -0.2) is 31.8 Å². The Balaban J connectivity index is 1.85. The smallest absolute Gasteiger partial charge is 0.222 e. The average molecular weight is 263 g/mol. The van der Waals surface area contributed by atoms with E-state index in [0.717, 1.165) is 25.0 Å². The van der Waals surface area contributed by atoms with E-state index < -0.39 is 0 Å². The Morgan fingerprint density at radius 1 is 1.32 bits per heavy atom. The Morgan fingerprint density at radius 3 is 2.84 bits per heavy atom. The lowest BCUT2D eigenvalue weighted by atomic mass is 10.2. The average Bonchev–Trinajstić information content (AvgIpc) is 2.85. The first-order valence-electron chi connectivity index (χ1n) is 6.79. The number of amides is 1. The van der Waals surface area contributed by atoms with E-state index in [1.807, 2.05) is 30.3 Å². The molecule has 0 unspecified atom stereocenters. The maximum atomic E-state index is 11.7. The summed E-state index contributed by atoms with van der Waals surface area (Å²) in [6, 6.07) is 9.88. The maximum Gasteiger partial charge on any atom is 0.222 e. The molecule has 1 amide bonds. The van der Waals surface area contributed by atoms with Crippen molar-refractivity contribution in [2.24, 2.45) is 0 Å². The van der Waals surface area contributed by atoms with Crippen LogP contribution in [0.25, 0.3) is 0 Å². The van der Waals surface area contributed by atoms with Crippen LogP contribution in [0.1, 0.15) is 25.7 Å². The first-order chi connectivity index (χ1) is 9.29. The van der Waals surface area contributed by atoms with Gasteiger partial charge in [-0.1, -0.05) is 18.2 Å². The van der Waals surface area contributed by atoms with Crippen LogP contribution in [0.3, 0.4) is 0 Å². The van der Waals surface area contributed by atoms with Crippen LogP contribution in [-0.2, 0) is 9.53 Å². The fourth-order valence-electron chi connectivity index (χ4n) is 2.38. The highest BCUT2D eigenvalue weighted by molar-refractivity contribution is 5.76. The second kappa shape index (κ2) is 7.14. The number of carbonyl (C=O) groups is 1. The number of methoxy groups -OCH3 is 1. The van der Waals surface area contributed by atoms with Gasteiger partial charge in [0, 0.05) is 13.5 Å². The molecule has 104 valence electrons. The predicted octanol–water partition coefficient (Wildman–Crippen LogP) is 2.14. The van der Waals surface area contributed by atoms with Gasteiger partial charge in [0.05, 0.1) is 12.6 Å². The third-order valence-electron chi connectivity index (χ3n) is 3.36. The van der Waals surface area contributed by atoms with Gasteiger partial charge in [-0.15, -0.1) is 0 Å². The molecule has 0 heterocycles. The first kappa shape index (κ1) is 13.9. The van der Waals surface area contributed by atoms with Crippen molar-refractivity contribution in [2.45, 2.75) is 37.8 Å². The number of rotatable bonds is 6. The lowest BCUT2D eigenvalue weighted by Crippen LogP contribution is -2.42. The lowest BCUT2D eigenvalue weighted by Gasteiger charge is -2.22. The van der Waals surface area contributed by atoms with Gasteiger partial charge < -0.3 is 14.8 Å². The van der Waals surface area contributed by atoms with Crippen molar-refractivity contribution in [3.05, 3.63) is 30.3 Å². The Kier molecular flexibility index (Phi) is 5.21. The summed E-state index contributed by atoms with van der Waals surface area (Å²) in [7, 11) is 1.60. The van der Waals surface area contributed by atoms with E-state index in [1.165, 1.54) is 0 Å². The predicted molar refractivity (Wildman–Crippen MR) is 73.1 cm³/mol. The van der Waals surface area contributed by atoms with Crippen molar-refractivity contribution in [1.29, 1.82) is 0 Å². The van der Waals surface area contributed by atoms with Crippen molar-refractivity contribution >= 4 is 5.91 Å². The lowest BCUT2D eigenvalue weighted by molar-refractivity contribution is -0.123. The van der Waals surface area contributed by atoms with Crippen molar-refractivity contribution < 1.29 is 14.3 Å². The molecule has 2 atom stereocenters. The highest BCUT2D eigenvalue weighted by atomic mass is 16.5. The minimum atomic E-state index is 0.0374. The van der Waals surface area contributed by atoms with E-state index >= 15 is 0 Å². The zero-order valence-electron chi connectivity index (χ0n) is 11.3. The van der Waals surface area contributed by atoms with Crippen LogP contribution in [0.2, 0.25) is 0 Å². The van der Waals surface area contributed by atoms with Crippen LogP contribution >= 0.6 is 0 Å². The van der Waals surface area contributed by atoms with Crippen LogP contribution in [0, 0.1) is 0 Å². The van der Waals surface area contributed by atoms with E-state index in [1.54, 1.807) is 7.11 Å². The van der Waals surface area contributed by atoms with Crippen molar-refractivity contribution in [3.63, 3.8) is 0 Å². The van der Waals surface area contributed by atoms with Gasteiger partial charge >= 0.3 is 0 Å². The highest BCUT2D eigenvalue weighted by Gasteiger charge is 2.30. The minimum absolute atomic E-state index is 0.0374. The van der Waals surface area contributed by atoms with Crippen molar-refractivity contribution in [2.75, 3.05) is 13.7 Å². The molecule has 1 aromatic carbocycles. The number of para-hydroxylation sites is 1. The minimum Gasteiger partial charge on any atom is -0.488 e. The van der Waals surface area contributed by atoms with E-state index in [0.29, 0.717) is 13.0 Å². The van der Waals surface area contributed by atoms with Crippen molar-refractivity contribution in [1.82, 2.24) is 5.32 Å². The Labute approximate surface area is 114 Å². The van der Waals surface area contributed by atoms with Gasteiger partial charge in [0.2, 0.25) is 5.91 Å². The number of hydrogen-bond acceptors (Lipinski definition) is 3. The SMILES string of the molecule is COCCC(=O)N[C@H]1CCC[C@H]1Oc1ccccc1. The second-order valence-corrected chi connectivity index (χ2v) is 4.82. The van der Waals surface area contributed by atoms with E-state index in [-0.39, 0.29) is 18.1 Å². The second-order valence-electron chi connectivity index (χ2n) is 4.82. The zero-order chi connectivity index (χ0) is 13.5. The van der Waals surface area contributed by atoms with Crippen molar-refractivity contribution in [3.8, 4) is 5.75 Å². The summed E-state index contributed by atoms with van der Waals surface area (Å²) in [6.07, 6.45) is 3.55. The summed E-state index contributed by atoms with van der Waals surface area (Å²) < 4.78 is 10.9. The quantitative estimate of drug-likeness (QED) is 0.855. The summed E-state index contributed by atoms with van der Waals surface area (Å²) in [4.78, 5) is 11.7. The van der Waals surface area contributed by atoms with Crippen LogP contribution < -0.4 is 10.1 Å². The van der Waals surface area contributed by atoms with Gasteiger partial charge in [0.25, 0.3) is 0 Å². The molecule has 1 aromatic rings. The molecule has 1 saturated carbocycles. The summed E-state index contributed by atoms with van der Waals surface area (Å²) in [5.74, 6) is 0.904. The molecule has 0 radical (unpaired) electrons. The number of benzene rings is 1. The molecule has 1 N–H and O–H groups in total. The van der Waals surface area contributed by atoms with E-state index in [9.17, 15) is 4.79 Å². The molecule has 0 saturated heterocycles. The van der Waals surface area contributed by atoms with Crippen LogP contribution in [0.4, 0.5) is 0 Å². The molecule has 0 aromatic heterocycles. The molecule has 2 rings (SSSR count). The third kappa shape index (κ3) is 4.24. The molecular formula is C15H21NO3. The Bertz CT molecular complexity index is 394. The maximum absolute atomic E-state index is 11.7. The molecule has 1 aliphatic carbocycles. The largest absolute Gasteiger partial charge is 0.488 e. The fourth-order valence-corrected chi connectivity index (χ4v) is 2.38. The topological polar surface area (TPSA) is 47.6 Å². The molecule has 19 heavy (non-hydrogen) atoms. The summed E-state index contributed by atoms with van der Waals surface area (Å²) in [5.41, 5.74) is 0. The van der Waals surface area contributed by atoms with Crippen LogP contribution in [0.15, 0.2) is 30.3 Å². The number of ether oxygens (including phenoxy) is 2. The molecule has 4 heteroatoms. The van der Waals surface area contributed by atoms with Gasteiger partial charge in [-0.25, -0.2) is 0 Å². The normalized spacial score (nSPS) is 22.2. The van der Waals surface area contributed by atoms with Gasteiger partial charge in [0.15, 0.2) is 0 Å². The van der Waals surface area contributed by atoms with Gasteiger partial charge in [0.1, 0.15) is 11.9 Å². The van der Waals surface area contributed by atoms with Gasteiger partial charge in [-0.3, -0.25) is 4.79 Å². The monoisotopic (exact) mass is 263 g/mol. The van der Waals surface area contributed by atoms with E-state index in [4.69, 9.17) is 9.47 Å². The molecule has 1 aliphatic rings. The van der Waals surface area contributed by atoms with Gasteiger partial charge in [-0.05, 0) is 31.4 Å². The molecule has 4 nitrogen and oxygen atoms in total. The first-order valence-corrected chi connectivity index (χ1v) is 6.79. The molecular weight excluding hydrogens is 242 g/mol. The Morgan fingerprint density at radius 2 is 2.11 bits per heavy atom. The highest BCUT2D eigenvalue weighted by Crippen LogP contribution is 2.24. The zero-order valence-corrected chi connectivity index (χ0v) is 11.3. The standard InChI is InChI=1S/C15H21NO3/c1-18-11-10-15(17)16-13-8-5-9-14(13)19-12-6-3-2-4-7-12/h2-4,6-7,13-14H,5,8-11H2,1H3,(H,16,17)/t13-,14+/m0/s1. The Hall–Kier alpha value is -1.55. The number of carbonyl (C=O) groups excluding carboxylic acids is 1. The summed E-state index contributed by atoms with van der Waals surface area (Å²) in [6.45, 7) is 0.461. The molecule has 0 spiro atoms. The molecule has 0 aliphatic heterocycles. The summed E-state index contributed by atoms with van der Waals surface area (Å²) >= 11 is 0. The van der Waals surface area contributed by atoms with Crippen LogP contribution in [0.5, 0.6) is 5.75 Å². The third-order valence-corrected chi connectivity index (χ3v) is 3.36. The van der Waals surface area contributed by atoms with Gasteiger partial charge in [-0.2, -0.15) is 0 Å². The summed E-state index contributed by atoms with van der Waals surface area (Å²) in [5, 5.41) is 3.04. The molecule has 0 bridgehead atoms. The number of nitrogens with one attached hydrogen (secondary N) is 1. The molecule has 1 fully saturated rings. The van der Waals surface area contributed by atoms with E-state index in [2.05, 4.69) is 5.32 Å².